The number of amides is 1. The van der Waals surface area contributed by atoms with Crippen molar-refractivity contribution in [1.29, 1.82) is 0 Å². The van der Waals surface area contributed by atoms with Gasteiger partial charge in [0.2, 0.25) is 0 Å². The second-order valence-corrected chi connectivity index (χ2v) is 8.60. The van der Waals surface area contributed by atoms with Crippen LogP contribution in [0.4, 0.5) is 10.1 Å². The van der Waals surface area contributed by atoms with Crippen LogP contribution in [0, 0.1) is 11.7 Å². The van der Waals surface area contributed by atoms with E-state index in [-0.39, 0.29) is 29.4 Å². The average Bonchev–Trinajstić information content (AvgIpc) is 3.43. The molecule has 0 N–H and O–H groups in total. The summed E-state index contributed by atoms with van der Waals surface area (Å²) in [5, 5.41) is 2.11. The Morgan fingerprint density at radius 2 is 2.10 bits per heavy atom. The van der Waals surface area contributed by atoms with Gasteiger partial charge in [-0.2, -0.15) is 0 Å². The first-order valence-corrected chi connectivity index (χ1v) is 10.9. The van der Waals surface area contributed by atoms with E-state index >= 15 is 0 Å². The number of rotatable bonds is 6. The van der Waals surface area contributed by atoms with Gasteiger partial charge in [-0.1, -0.05) is 25.1 Å². The summed E-state index contributed by atoms with van der Waals surface area (Å²) in [5.41, 5.74) is 0.317. The van der Waals surface area contributed by atoms with E-state index in [2.05, 4.69) is 29.3 Å². The number of para-hydroxylation sites is 1. The first-order chi connectivity index (χ1) is 14.1. The number of carbonyl (C=O) groups is 1. The highest BCUT2D eigenvalue weighted by Crippen LogP contribution is 2.31. The zero-order chi connectivity index (χ0) is 20.2. The van der Waals surface area contributed by atoms with E-state index in [1.165, 1.54) is 17.2 Å². The number of nitrogens with zero attached hydrogens (tertiary/aromatic N) is 2. The fourth-order valence-corrected chi connectivity index (χ4v) is 4.83. The summed E-state index contributed by atoms with van der Waals surface area (Å²) in [6.45, 7) is 4.91. The fraction of sp³-hybridized carbons (Fsp3) is 0.348. The molecule has 0 bridgehead atoms. The first-order valence-electron chi connectivity index (χ1n) is 10.00. The Bertz CT molecular complexity index is 926. The Balaban J connectivity index is 1.52. The Morgan fingerprint density at radius 1 is 1.24 bits per heavy atom. The van der Waals surface area contributed by atoms with Gasteiger partial charge in [-0.05, 0) is 54.5 Å². The molecule has 0 radical (unpaired) electrons. The fourth-order valence-electron chi connectivity index (χ4n) is 4.13. The lowest BCUT2D eigenvalue weighted by Crippen LogP contribution is -2.53. The molecule has 1 amide bonds. The maximum Gasteiger partial charge on any atom is 0.294 e. The summed E-state index contributed by atoms with van der Waals surface area (Å²) in [6.07, 6.45) is 3.31. The highest BCUT2D eigenvalue weighted by Gasteiger charge is 2.36. The van der Waals surface area contributed by atoms with Crippen LogP contribution in [0.15, 0.2) is 64.6 Å². The molecular formula is C23H25FN2O2S. The summed E-state index contributed by atoms with van der Waals surface area (Å²) < 4.78 is 20.0. The number of halogens is 1. The van der Waals surface area contributed by atoms with E-state index in [9.17, 15) is 9.18 Å². The molecule has 3 aromatic rings. The summed E-state index contributed by atoms with van der Waals surface area (Å²) in [5.74, 6) is -0.227. The molecule has 1 saturated heterocycles. The second kappa shape index (κ2) is 8.93. The van der Waals surface area contributed by atoms with Crippen molar-refractivity contribution >= 4 is 22.9 Å². The van der Waals surface area contributed by atoms with Gasteiger partial charge in [-0.25, -0.2) is 4.39 Å². The van der Waals surface area contributed by atoms with Crippen LogP contribution in [0.2, 0.25) is 0 Å². The van der Waals surface area contributed by atoms with Crippen molar-refractivity contribution in [2.24, 2.45) is 5.92 Å². The van der Waals surface area contributed by atoms with Gasteiger partial charge in [0.15, 0.2) is 5.76 Å². The van der Waals surface area contributed by atoms with Crippen LogP contribution in [-0.4, -0.2) is 36.5 Å². The van der Waals surface area contributed by atoms with E-state index in [1.54, 1.807) is 46.6 Å². The van der Waals surface area contributed by atoms with Gasteiger partial charge in [0, 0.05) is 30.6 Å². The van der Waals surface area contributed by atoms with Gasteiger partial charge in [-0.15, -0.1) is 11.3 Å². The maximum atomic E-state index is 14.6. The predicted molar refractivity (Wildman–Crippen MR) is 114 cm³/mol. The number of anilines is 1. The molecule has 1 fully saturated rings. The van der Waals surface area contributed by atoms with Crippen molar-refractivity contribution < 1.29 is 13.6 Å². The molecule has 4 rings (SSSR count). The second-order valence-electron chi connectivity index (χ2n) is 7.57. The molecule has 6 heteroatoms. The predicted octanol–water partition coefficient (Wildman–Crippen LogP) is 5.08. The quantitative estimate of drug-likeness (QED) is 0.567. The molecule has 152 valence electrons. The number of hydrogen-bond acceptors (Lipinski definition) is 4. The summed E-state index contributed by atoms with van der Waals surface area (Å²) in [6, 6.07) is 14.0. The lowest BCUT2D eigenvalue weighted by molar-refractivity contribution is 0.0905. The van der Waals surface area contributed by atoms with Crippen molar-refractivity contribution in [3.05, 3.63) is 76.6 Å². The van der Waals surface area contributed by atoms with Gasteiger partial charge < -0.3 is 9.32 Å². The Morgan fingerprint density at radius 3 is 2.79 bits per heavy atom. The zero-order valence-corrected chi connectivity index (χ0v) is 17.3. The molecule has 3 heterocycles. The maximum absolute atomic E-state index is 14.6. The van der Waals surface area contributed by atoms with E-state index in [0.717, 1.165) is 32.5 Å². The van der Waals surface area contributed by atoms with Gasteiger partial charge in [0.1, 0.15) is 5.82 Å². The van der Waals surface area contributed by atoms with Crippen LogP contribution < -0.4 is 4.90 Å². The summed E-state index contributed by atoms with van der Waals surface area (Å²) >= 11 is 1.79. The minimum absolute atomic E-state index is 0.0810. The van der Waals surface area contributed by atoms with E-state index in [1.807, 2.05) is 0 Å². The van der Waals surface area contributed by atoms with Gasteiger partial charge in [0.25, 0.3) is 5.91 Å². The monoisotopic (exact) mass is 412 g/mol. The summed E-state index contributed by atoms with van der Waals surface area (Å²) in [4.78, 5) is 18.7. The minimum Gasteiger partial charge on any atom is -0.459 e. The molecular weight excluding hydrogens is 387 g/mol. The van der Waals surface area contributed by atoms with E-state index in [4.69, 9.17) is 4.42 Å². The lowest BCUT2D eigenvalue weighted by Gasteiger charge is -2.42. The highest BCUT2D eigenvalue weighted by molar-refractivity contribution is 7.09. The molecule has 1 aliphatic heterocycles. The topological polar surface area (TPSA) is 36.7 Å². The Hall–Kier alpha value is -2.44. The number of benzene rings is 1. The molecule has 2 aromatic heterocycles. The van der Waals surface area contributed by atoms with Crippen molar-refractivity contribution in [3.8, 4) is 0 Å². The van der Waals surface area contributed by atoms with Crippen LogP contribution in [0.25, 0.3) is 0 Å². The third-order valence-corrected chi connectivity index (χ3v) is 6.53. The van der Waals surface area contributed by atoms with Crippen molar-refractivity contribution in [2.75, 3.05) is 24.5 Å². The SMILES string of the molecule is CC1CN(CCc2cccs2)CCC1N(C(=O)c1ccco1)c1ccccc1F. The van der Waals surface area contributed by atoms with Crippen molar-refractivity contribution in [2.45, 2.75) is 25.8 Å². The Kier molecular flexibility index (Phi) is 6.11. The van der Waals surface area contributed by atoms with Gasteiger partial charge in [-0.3, -0.25) is 9.69 Å². The Labute approximate surface area is 174 Å². The largest absolute Gasteiger partial charge is 0.459 e. The van der Waals surface area contributed by atoms with Crippen LogP contribution in [0.1, 0.15) is 28.8 Å². The van der Waals surface area contributed by atoms with Gasteiger partial charge in [0.05, 0.1) is 12.0 Å². The smallest absolute Gasteiger partial charge is 0.294 e. The molecule has 0 spiro atoms. The molecule has 0 saturated carbocycles. The number of thiophene rings is 1. The van der Waals surface area contributed by atoms with Crippen LogP contribution in [-0.2, 0) is 6.42 Å². The van der Waals surface area contributed by atoms with Gasteiger partial charge >= 0.3 is 0 Å². The number of furan rings is 1. The highest BCUT2D eigenvalue weighted by atomic mass is 32.1. The minimum atomic E-state index is -0.389. The third-order valence-electron chi connectivity index (χ3n) is 5.59. The molecule has 4 nitrogen and oxygen atoms in total. The molecule has 2 unspecified atom stereocenters. The standard InChI is InChI=1S/C23H25FN2O2S/c1-17-16-25(12-10-18-6-5-15-29-18)13-11-20(17)26(21-8-3-2-7-19(21)24)23(27)22-9-4-14-28-22/h2-9,14-15,17,20H,10-13,16H2,1H3. The molecule has 1 aromatic carbocycles. The van der Waals surface area contributed by atoms with E-state index in [0.29, 0.717) is 5.69 Å². The molecule has 2 atom stereocenters. The number of likely N-dealkylation sites (tertiary alicyclic amines) is 1. The van der Waals surface area contributed by atoms with Crippen LogP contribution in [0.5, 0.6) is 0 Å². The average molecular weight is 413 g/mol. The van der Waals surface area contributed by atoms with Crippen LogP contribution in [0.3, 0.4) is 0 Å². The third kappa shape index (κ3) is 4.43. The normalized spacial score (nSPS) is 19.9. The first kappa shape index (κ1) is 19.9. The zero-order valence-electron chi connectivity index (χ0n) is 16.5. The summed E-state index contributed by atoms with van der Waals surface area (Å²) in [7, 11) is 0. The molecule has 1 aliphatic rings. The molecule has 29 heavy (non-hydrogen) atoms. The molecule has 0 aliphatic carbocycles. The number of hydrogen-bond donors (Lipinski definition) is 0. The van der Waals surface area contributed by atoms with Crippen LogP contribution >= 0.6 is 11.3 Å². The number of carbonyl (C=O) groups excluding carboxylic acids is 1. The lowest BCUT2D eigenvalue weighted by atomic mass is 9.91. The van der Waals surface area contributed by atoms with Crippen molar-refractivity contribution in [1.82, 2.24) is 4.90 Å². The van der Waals surface area contributed by atoms with E-state index < -0.39 is 0 Å². The number of piperidine rings is 1. The van der Waals surface area contributed by atoms with Crippen molar-refractivity contribution in [3.63, 3.8) is 0 Å².